The van der Waals surface area contributed by atoms with Gasteiger partial charge in [-0.25, -0.2) is 4.68 Å². The molecule has 3 rings (SSSR count). The summed E-state index contributed by atoms with van der Waals surface area (Å²) in [5.74, 6) is -0.813. The molecule has 2 aromatic heterocycles. The van der Waals surface area contributed by atoms with Crippen LogP contribution in [0.2, 0.25) is 5.15 Å². The second-order valence-electron chi connectivity index (χ2n) is 8.07. The van der Waals surface area contributed by atoms with Gasteiger partial charge in [0.2, 0.25) is 0 Å². The molecule has 174 valence electrons. The maximum Gasteiger partial charge on any atom is 0.290 e. The maximum absolute atomic E-state index is 12.8. The summed E-state index contributed by atoms with van der Waals surface area (Å²) in [6.45, 7) is 8.89. The monoisotopic (exact) mass is 470 g/mol. The number of halogens is 1. The van der Waals surface area contributed by atoms with Crippen LogP contribution in [0.3, 0.4) is 0 Å². The van der Waals surface area contributed by atoms with Gasteiger partial charge in [-0.2, -0.15) is 10.2 Å². The number of fused-ring (bicyclic) bond motifs is 1. The van der Waals surface area contributed by atoms with Crippen LogP contribution in [0.25, 0.3) is 16.8 Å². The molecular weight excluding hydrogens is 444 g/mol. The van der Waals surface area contributed by atoms with E-state index in [1.807, 2.05) is 13.8 Å². The highest BCUT2D eigenvalue weighted by atomic mass is 35.5. The van der Waals surface area contributed by atoms with Crippen molar-refractivity contribution in [1.82, 2.24) is 30.4 Å². The van der Waals surface area contributed by atoms with Crippen molar-refractivity contribution in [3.63, 3.8) is 0 Å². The van der Waals surface area contributed by atoms with Crippen molar-refractivity contribution in [2.24, 2.45) is 5.92 Å². The van der Waals surface area contributed by atoms with Gasteiger partial charge in [0.25, 0.3) is 17.4 Å². The van der Waals surface area contributed by atoms with Crippen LogP contribution in [0.4, 0.5) is 0 Å². The van der Waals surface area contributed by atoms with Gasteiger partial charge in [-0.15, -0.1) is 0 Å². The van der Waals surface area contributed by atoms with E-state index in [0.29, 0.717) is 52.6 Å². The van der Waals surface area contributed by atoms with Crippen LogP contribution >= 0.6 is 11.6 Å². The first kappa shape index (κ1) is 24.2. The van der Waals surface area contributed by atoms with Crippen LogP contribution in [0.15, 0.2) is 35.1 Å². The summed E-state index contributed by atoms with van der Waals surface area (Å²) < 4.78 is 2.96. The summed E-state index contributed by atoms with van der Waals surface area (Å²) in [4.78, 5) is 37.6. The zero-order valence-electron chi connectivity index (χ0n) is 19.1. The predicted molar refractivity (Wildman–Crippen MR) is 128 cm³/mol. The summed E-state index contributed by atoms with van der Waals surface area (Å²) in [6, 6.07) is 6.74. The lowest BCUT2D eigenvalue weighted by molar-refractivity contribution is -0.117. The van der Waals surface area contributed by atoms with Crippen molar-refractivity contribution in [2.45, 2.75) is 47.2 Å². The van der Waals surface area contributed by atoms with E-state index in [1.165, 1.54) is 10.8 Å². The summed E-state index contributed by atoms with van der Waals surface area (Å²) in [5, 5.41) is 9.85. The average Bonchev–Trinajstić information content (AvgIpc) is 3.04. The van der Waals surface area contributed by atoms with E-state index in [9.17, 15) is 14.4 Å². The van der Waals surface area contributed by atoms with Crippen molar-refractivity contribution in [1.29, 1.82) is 0 Å². The molecule has 0 fully saturated rings. The number of aryl methyl sites for hydroxylation is 2. The quantitative estimate of drug-likeness (QED) is 0.407. The fourth-order valence-electron chi connectivity index (χ4n) is 3.37. The smallest absolute Gasteiger partial charge is 0.268 e. The highest BCUT2D eigenvalue weighted by molar-refractivity contribution is 6.31. The lowest BCUT2D eigenvalue weighted by atomic mass is 10.1. The Balaban J connectivity index is 1.75. The van der Waals surface area contributed by atoms with Crippen molar-refractivity contribution in [3.8, 4) is 0 Å². The molecule has 0 aliphatic heterocycles. The predicted octanol–water partition coefficient (Wildman–Crippen LogP) is 3.10. The second kappa shape index (κ2) is 10.4. The normalized spacial score (nSPS) is 11.5. The minimum atomic E-state index is -0.628. The number of carbonyl (C=O) groups is 2. The molecule has 0 spiro atoms. The van der Waals surface area contributed by atoms with Gasteiger partial charge in [-0.05, 0) is 31.4 Å². The molecule has 2 N–H and O–H groups in total. The minimum Gasteiger partial charge on any atom is -0.268 e. The Labute approximate surface area is 196 Å². The maximum atomic E-state index is 12.8. The van der Waals surface area contributed by atoms with E-state index in [2.05, 4.69) is 34.9 Å². The number of benzene rings is 1. The number of nitrogens with one attached hydrogen (secondary N) is 2. The lowest BCUT2D eigenvalue weighted by Gasteiger charge is -2.10. The molecule has 9 nitrogen and oxygen atoms in total. The zero-order valence-corrected chi connectivity index (χ0v) is 19.8. The Morgan fingerprint density at radius 1 is 1.12 bits per heavy atom. The summed E-state index contributed by atoms with van der Waals surface area (Å²) in [7, 11) is 0. The Kier molecular flexibility index (Phi) is 7.65. The highest BCUT2D eigenvalue weighted by Crippen LogP contribution is 2.22. The number of amides is 2. The third-order valence-corrected chi connectivity index (χ3v) is 5.26. The summed E-state index contributed by atoms with van der Waals surface area (Å²) >= 11 is 6.39. The lowest BCUT2D eigenvalue weighted by Crippen LogP contribution is -2.42. The molecule has 0 unspecified atom stereocenters. The molecule has 3 aromatic rings. The Bertz CT molecular complexity index is 1280. The Morgan fingerprint density at radius 3 is 2.48 bits per heavy atom. The molecule has 0 aliphatic carbocycles. The van der Waals surface area contributed by atoms with Crippen LogP contribution in [-0.4, -0.2) is 31.4 Å². The molecule has 2 amide bonds. The molecule has 2 heterocycles. The van der Waals surface area contributed by atoms with Gasteiger partial charge >= 0.3 is 0 Å². The topological polar surface area (TPSA) is 111 Å². The van der Waals surface area contributed by atoms with E-state index >= 15 is 0 Å². The fraction of sp³-hybridized carbons (Fsp3) is 0.348. The van der Waals surface area contributed by atoms with Crippen LogP contribution in [0.5, 0.6) is 0 Å². The van der Waals surface area contributed by atoms with Crippen molar-refractivity contribution < 1.29 is 9.59 Å². The third kappa shape index (κ3) is 5.48. The number of hydrogen-bond donors (Lipinski definition) is 2. The minimum absolute atomic E-state index is 0.0526. The molecule has 10 heteroatoms. The molecule has 0 saturated heterocycles. The van der Waals surface area contributed by atoms with Gasteiger partial charge in [0, 0.05) is 30.1 Å². The first-order chi connectivity index (χ1) is 15.7. The first-order valence-electron chi connectivity index (χ1n) is 10.7. The molecule has 0 bridgehead atoms. The number of aromatic nitrogens is 4. The van der Waals surface area contributed by atoms with E-state index in [0.717, 1.165) is 0 Å². The molecular formula is C23H27ClN6O3. The number of rotatable bonds is 7. The number of nitrogens with zero attached hydrogens (tertiary/aromatic N) is 4. The Hall–Kier alpha value is -3.46. The van der Waals surface area contributed by atoms with Gasteiger partial charge in [-0.3, -0.25) is 29.9 Å². The largest absolute Gasteiger partial charge is 0.290 e. The summed E-state index contributed by atoms with van der Waals surface area (Å²) in [6.07, 6.45) is 3.50. The third-order valence-electron chi connectivity index (χ3n) is 4.87. The van der Waals surface area contributed by atoms with Crippen molar-refractivity contribution in [3.05, 3.63) is 62.8 Å². The SMILES string of the molecule is CCCn1nc(C(=O)NNC(=O)/C=C/c2c(C)nn(CC(C)C)c2Cl)c2ccccc2c1=O. The van der Waals surface area contributed by atoms with E-state index in [4.69, 9.17) is 11.6 Å². The second-order valence-corrected chi connectivity index (χ2v) is 8.42. The molecule has 0 saturated carbocycles. The number of hydrogen-bond acceptors (Lipinski definition) is 5. The average molecular weight is 471 g/mol. The van der Waals surface area contributed by atoms with Crippen molar-refractivity contribution in [2.75, 3.05) is 0 Å². The van der Waals surface area contributed by atoms with Crippen LogP contribution in [0, 0.1) is 12.8 Å². The van der Waals surface area contributed by atoms with Gasteiger partial charge < -0.3 is 0 Å². The highest BCUT2D eigenvalue weighted by Gasteiger charge is 2.17. The van der Waals surface area contributed by atoms with Crippen LogP contribution < -0.4 is 16.4 Å². The fourth-order valence-corrected chi connectivity index (χ4v) is 3.67. The van der Waals surface area contributed by atoms with Gasteiger partial charge in [0.05, 0.1) is 11.1 Å². The van der Waals surface area contributed by atoms with Gasteiger partial charge in [0.15, 0.2) is 5.69 Å². The standard InChI is InChI=1S/C23H27ClN6O3/c1-5-12-29-23(33)18-9-7-6-8-17(18)20(28-29)22(32)26-25-19(31)11-10-16-15(4)27-30(21(16)24)13-14(2)3/h6-11,14H,5,12-13H2,1-4H3,(H,25,31)(H,26,32)/b11-10+. The van der Waals surface area contributed by atoms with Gasteiger partial charge in [0.1, 0.15) is 5.15 Å². The zero-order chi connectivity index (χ0) is 24.1. The van der Waals surface area contributed by atoms with E-state index in [-0.39, 0.29) is 11.3 Å². The van der Waals surface area contributed by atoms with Crippen molar-refractivity contribution >= 4 is 40.3 Å². The first-order valence-corrected chi connectivity index (χ1v) is 11.1. The molecule has 33 heavy (non-hydrogen) atoms. The van der Waals surface area contributed by atoms with E-state index < -0.39 is 11.8 Å². The molecule has 0 aliphatic rings. The summed E-state index contributed by atoms with van der Waals surface area (Å²) in [5.41, 5.74) is 5.82. The number of hydrazine groups is 1. The molecule has 1 aromatic carbocycles. The van der Waals surface area contributed by atoms with Crippen LogP contribution in [0.1, 0.15) is 48.9 Å². The van der Waals surface area contributed by atoms with Gasteiger partial charge in [-0.1, -0.05) is 50.6 Å². The molecule has 0 atom stereocenters. The number of carbonyl (C=O) groups excluding carboxylic acids is 2. The molecule has 0 radical (unpaired) electrons. The van der Waals surface area contributed by atoms with Crippen LogP contribution in [-0.2, 0) is 17.9 Å². The van der Waals surface area contributed by atoms with E-state index in [1.54, 1.807) is 35.0 Å². The Morgan fingerprint density at radius 2 is 1.82 bits per heavy atom.